The lowest BCUT2D eigenvalue weighted by Gasteiger charge is -2.32. The van der Waals surface area contributed by atoms with Gasteiger partial charge in [-0.25, -0.2) is 8.42 Å². The molecule has 1 N–H and O–H groups in total. The molecule has 1 atom stereocenters. The maximum absolute atomic E-state index is 13.5. The molecule has 0 fully saturated rings. The highest BCUT2D eigenvalue weighted by Gasteiger charge is 2.31. The second-order valence-corrected chi connectivity index (χ2v) is 10.2. The van der Waals surface area contributed by atoms with Gasteiger partial charge < -0.3 is 19.7 Å². The first-order valence-corrected chi connectivity index (χ1v) is 12.7. The number of hydrogen-bond acceptors (Lipinski definition) is 6. The highest BCUT2D eigenvalue weighted by Crippen LogP contribution is 2.35. The molecule has 3 rings (SSSR count). The van der Waals surface area contributed by atoms with Crippen LogP contribution in [0.15, 0.2) is 42.5 Å². The number of fused-ring (bicyclic) bond motifs is 1. The van der Waals surface area contributed by atoms with Gasteiger partial charge in [0, 0.05) is 19.7 Å². The monoisotopic (exact) mass is 489 g/mol. The molecule has 2 aromatic rings. The Bertz CT molecular complexity index is 1130. The molecular weight excluding hydrogens is 458 g/mol. The van der Waals surface area contributed by atoms with E-state index in [1.54, 1.807) is 25.1 Å². The second kappa shape index (κ2) is 10.8. The fourth-order valence-corrected chi connectivity index (χ4v) is 4.64. The Balaban J connectivity index is 1.94. The van der Waals surface area contributed by atoms with Crippen LogP contribution in [0.2, 0.25) is 0 Å². The van der Waals surface area contributed by atoms with Gasteiger partial charge in [-0.3, -0.25) is 13.9 Å². The molecule has 1 unspecified atom stereocenters. The molecule has 2 aromatic carbocycles. The minimum absolute atomic E-state index is 0.162. The van der Waals surface area contributed by atoms with Crippen LogP contribution in [-0.2, 0) is 26.2 Å². The minimum Gasteiger partial charge on any atom is -0.486 e. The SMILES string of the molecule is CCS(=O)(=O)N(CC(=O)N(Cc1ccc(C)cc1)C(C)C(=O)NC)c1ccc2c(c1)OCCO2. The molecular formula is C24H31N3O6S. The summed E-state index contributed by atoms with van der Waals surface area (Å²) in [4.78, 5) is 27.3. The number of carbonyl (C=O) groups excluding carboxylic acids is 2. The first kappa shape index (κ1) is 25.4. The Hall–Kier alpha value is -3.27. The van der Waals surface area contributed by atoms with E-state index in [1.807, 2.05) is 31.2 Å². The summed E-state index contributed by atoms with van der Waals surface area (Å²) in [7, 11) is -2.31. The quantitative estimate of drug-likeness (QED) is 0.578. The van der Waals surface area contributed by atoms with Crippen molar-refractivity contribution in [1.29, 1.82) is 0 Å². The van der Waals surface area contributed by atoms with E-state index in [0.717, 1.165) is 15.4 Å². The highest BCUT2D eigenvalue weighted by atomic mass is 32.2. The van der Waals surface area contributed by atoms with Crippen LogP contribution in [0.4, 0.5) is 5.69 Å². The lowest BCUT2D eigenvalue weighted by atomic mass is 10.1. The lowest BCUT2D eigenvalue weighted by Crippen LogP contribution is -2.51. The fraction of sp³-hybridized carbons (Fsp3) is 0.417. The van der Waals surface area contributed by atoms with E-state index in [-0.39, 0.29) is 18.2 Å². The molecule has 0 saturated carbocycles. The molecule has 1 aliphatic heterocycles. The molecule has 10 heteroatoms. The number of hydrogen-bond donors (Lipinski definition) is 1. The summed E-state index contributed by atoms with van der Waals surface area (Å²) in [5, 5.41) is 2.56. The number of aryl methyl sites for hydroxylation is 1. The molecule has 0 radical (unpaired) electrons. The first-order valence-electron chi connectivity index (χ1n) is 11.1. The normalized spacial score (nSPS) is 13.6. The molecule has 2 amide bonds. The molecule has 0 aromatic heterocycles. The highest BCUT2D eigenvalue weighted by molar-refractivity contribution is 7.92. The number of carbonyl (C=O) groups is 2. The number of sulfonamides is 1. The van der Waals surface area contributed by atoms with Gasteiger partial charge in [-0.15, -0.1) is 0 Å². The number of benzene rings is 2. The van der Waals surface area contributed by atoms with Crippen LogP contribution >= 0.6 is 0 Å². The van der Waals surface area contributed by atoms with E-state index in [0.29, 0.717) is 30.4 Å². The molecule has 0 spiro atoms. The van der Waals surface area contributed by atoms with E-state index in [9.17, 15) is 18.0 Å². The lowest BCUT2D eigenvalue weighted by molar-refractivity contribution is -0.139. The average Bonchev–Trinajstić information content (AvgIpc) is 2.85. The fourth-order valence-electron chi connectivity index (χ4n) is 3.59. The summed E-state index contributed by atoms with van der Waals surface area (Å²) in [6.07, 6.45) is 0. The third-order valence-corrected chi connectivity index (χ3v) is 7.42. The Labute approximate surface area is 200 Å². The molecule has 184 valence electrons. The van der Waals surface area contributed by atoms with Crippen molar-refractivity contribution in [2.45, 2.75) is 33.4 Å². The van der Waals surface area contributed by atoms with Crippen LogP contribution < -0.4 is 19.1 Å². The predicted molar refractivity (Wildman–Crippen MR) is 129 cm³/mol. The van der Waals surface area contributed by atoms with Crippen molar-refractivity contribution in [1.82, 2.24) is 10.2 Å². The number of nitrogens with zero attached hydrogens (tertiary/aromatic N) is 2. The number of rotatable bonds is 9. The van der Waals surface area contributed by atoms with Crippen LogP contribution in [0.3, 0.4) is 0 Å². The maximum atomic E-state index is 13.5. The average molecular weight is 490 g/mol. The van der Waals surface area contributed by atoms with Crippen LogP contribution in [0.1, 0.15) is 25.0 Å². The standard InChI is InChI=1S/C24H31N3O6S/c1-5-34(30,31)27(20-10-11-21-22(14-20)33-13-12-32-21)16-23(28)26(18(3)24(29)25-4)15-19-8-6-17(2)7-9-19/h6-11,14,18H,5,12-13,15-16H2,1-4H3,(H,25,29). The van der Waals surface area contributed by atoms with Crippen molar-refractivity contribution >= 4 is 27.5 Å². The van der Waals surface area contributed by atoms with E-state index < -0.39 is 28.5 Å². The first-order chi connectivity index (χ1) is 16.2. The van der Waals surface area contributed by atoms with Gasteiger partial charge in [0.1, 0.15) is 25.8 Å². The van der Waals surface area contributed by atoms with Crippen molar-refractivity contribution in [2.24, 2.45) is 0 Å². The summed E-state index contributed by atoms with van der Waals surface area (Å²) in [6, 6.07) is 11.6. The topological polar surface area (TPSA) is 105 Å². The van der Waals surface area contributed by atoms with Gasteiger partial charge >= 0.3 is 0 Å². The zero-order valence-corrected chi connectivity index (χ0v) is 20.7. The second-order valence-electron chi connectivity index (χ2n) is 8.03. The molecule has 1 aliphatic rings. The zero-order valence-electron chi connectivity index (χ0n) is 19.9. The number of anilines is 1. The van der Waals surface area contributed by atoms with Gasteiger partial charge in [-0.05, 0) is 38.5 Å². The van der Waals surface area contributed by atoms with Gasteiger partial charge in [-0.2, -0.15) is 0 Å². The van der Waals surface area contributed by atoms with Gasteiger partial charge in [-0.1, -0.05) is 29.8 Å². The van der Waals surface area contributed by atoms with Crippen LogP contribution in [0, 0.1) is 6.92 Å². The number of ether oxygens (including phenoxy) is 2. The number of nitrogens with one attached hydrogen (secondary N) is 1. The van der Waals surface area contributed by atoms with E-state index >= 15 is 0 Å². The third kappa shape index (κ3) is 5.80. The van der Waals surface area contributed by atoms with Gasteiger partial charge in [0.15, 0.2) is 11.5 Å². The number of likely N-dealkylation sites (N-methyl/N-ethyl adjacent to an activating group) is 1. The van der Waals surface area contributed by atoms with Crippen LogP contribution in [0.25, 0.3) is 0 Å². The summed E-state index contributed by atoms with van der Waals surface area (Å²) in [6.45, 7) is 5.56. The summed E-state index contributed by atoms with van der Waals surface area (Å²) in [5.74, 6) is -0.0991. The summed E-state index contributed by atoms with van der Waals surface area (Å²) in [5.41, 5.74) is 2.20. The largest absolute Gasteiger partial charge is 0.486 e. The summed E-state index contributed by atoms with van der Waals surface area (Å²) >= 11 is 0. The van der Waals surface area contributed by atoms with Crippen molar-refractivity contribution in [3.63, 3.8) is 0 Å². The van der Waals surface area contributed by atoms with Crippen molar-refractivity contribution in [2.75, 3.05) is 36.9 Å². The molecule has 0 saturated heterocycles. The van der Waals surface area contributed by atoms with Gasteiger partial charge in [0.05, 0.1) is 11.4 Å². The molecule has 0 aliphatic carbocycles. The Morgan fingerprint density at radius 3 is 2.32 bits per heavy atom. The van der Waals surface area contributed by atoms with E-state index in [4.69, 9.17) is 9.47 Å². The van der Waals surface area contributed by atoms with Gasteiger partial charge in [0.25, 0.3) is 0 Å². The van der Waals surface area contributed by atoms with Crippen molar-refractivity contribution < 1.29 is 27.5 Å². The zero-order chi connectivity index (χ0) is 24.9. The van der Waals surface area contributed by atoms with E-state index in [1.165, 1.54) is 18.9 Å². The molecule has 1 heterocycles. The summed E-state index contributed by atoms with van der Waals surface area (Å²) < 4.78 is 38.1. The minimum atomic E-state index is -3.81. The maximum Gasteiger partial charge on any atom is 0.244 e. The van der Waals surface area contributed by atoms with Gasteiger partial charge in [0.2, 0.25) is 21.8 Å². The van der Waals surface area contributed by atoms with Crippen LogP contribution in [0.5, 0.6) is 11.5 Å². The third-order valence-electron chi connectivity index (χ3n) is 5.68. The van der Waals surface area contributed by atoms with Crippen molar-refractivity contribution in [3.05, 3.63) is 53.6 Å². The number of amides is 2. The Kier molecular flexibility index (Phi) is 8.03. The smallest absolute Gasteiger partial charge is 0.244 e. The Morgan fingerprint density at radius 2 is 1.71 bits per heavy atom. The van der Waals surface area contributed by atoms with Crippen LogP contribution in [-0.4, -0.2) is 63.7 Å². The molecule has 34 heavy (non-hydrogen) atoms. The molecule has 9 nitrogen and oxygen atoms in total. The molecule has 0 bridgehead atoms. The van der Waals surface area contributed by atoms with Crippen molar-refractivity contribution in [3.8, 4) is 11.5 Å². The predicted octanol–water partition coefficient (Wildman–Crippen LogP) is 2.09. The van der Waals surface area contributed by atoms with E-state index in [2.05, 4.69) is 5.32 Å². The Morgan fingerprint density at radius 1 is 1.06 bits per heavy atom.